The van der Waals surface area contributed by atoms with E-state index in [-0.39, 0.29) is 36.5 Å². The molecule has 2 aromatic carbocycles. The molecular weight excluding hydrogens is 460 g/mol. The van der Waals surface area contributed by atoms with Gasteiger partial charge < -0.3 is 14.8 Å². The van der Waals surface area contributed by atoms with Crippen LogP contribution in [0.2, 0.25) is 0 Å². The number of hydrogen-bond donors (Lipinski definition) is 1. The van der Waals surface area contributed by atoms with E-state index < -0.39 is 33.9 Å². The number of anilines is 1. The van der Waals surface area contributed by atoms with Gasteiger partial charge in [0.1, 0.15) is 6.04 Å². The Morgan fingerprint density at radius 1 is 0.941 bits per heavy atom. The van der Waals surface area contributed by atoms with Gasteiger partial charge in [0.25, 0.3) is 15.9 Å². The highest BCUT2D eigenvalue weighted by Gasteiger charge is 2.25. The number of ether oxygens (including phenoxy) is 2. The van der Waals surface area contributed by atoms with E-state index in [1.54, 1.807) is 26.0 Å². The minimum atomic E-state index is -3.77. The molecule has 10 heteroatoms. The molecule has 9 nitrogen and oxygen atoms in total. The fraction of sp³-hybridized carbons (Fsp3) is 0.375. The van der Waals surface area contributed by atoms with Crippen LogP contribution in [0, 0.1) is 6.92 Å². The van der Waals surface area contributed by atoms with Gasteiger partial charge in [-0.3, -0.25) is 13.9 Å². The van der Waals surface area contributed by atoms with Crippen LogP contribution in [0.15, 0.2) is 53.4 Å². The maximum Gasteiger partial charge on any atom is 0.328 e. The topological polar surface area (TPSA) is 119 Å². The summed E-state index contributed by atoms with van der Waals surface area (Å²) in [6, 6.07) is 11.4. The lowest BCUT2D eigenvalue weighted by Crippen LogP contribution is -2.42. The Morgan fingerprint density at radius 2 is 1.53 bits per heavy atom. The third kappa shape index (κ3) is 7.05. The molecule has 0 aliphatic rings. The second kappa shape index (κ2) is 12.2. The molecular formula is C24H30N2O7S. The number of sulfonamides is 1. The molecule has 2 aromatic rings. The van der Waals surface area contributed by atoms with Crippen LogP contribution >= 0.6 is 0 Å². The van der Waals surface area contributed by atoms with Crippen molar-refractivity contribution < 1.29 is 32.3 Å². The van der Waals surface area contributed by atoms with Crippen LogP contribution in [0.1, 0.15) is 42.6 Å². The van der Waals surface area contributed by atoms with E-state index in [1.807, 2.05) is 6.92 Å². The van der Waals surface area contributed by atoms with Gasteiger partial charge >= 0.3 is 11.9 Å². The second-order valence-electron chi connectivity index (χ2n) is 7.45. The lowest BCUT2D eigenvalue weighted by atomic mass is 10.1. The largest absolute Gasteiger partial charge is 0.466 e. The molecule has 0 aliphatic heterocycles. The number of benzene rings is 2. The summed E-state index contributed by atoms with van der Waals surface area (Å²) in [6.45, 7) is 5.53. The number of nitrogens with one attached hydrogen (secondary N) is 1. The number of rotatable bonds is 11. The Bertz CT molecular complexity index is 1100. The summed E-state index contributed by atoms with van der Waals surface area (Å²) in [5, 5.41) is 2.57. The number of hydrogen-bond acceptors (Lipinski definition) is 7. The first-order valence-electron chi connectivity index (χ1n) is 10.9. The smallest absolute Gasteiger partial charge is 0.328 e. The van der Waals surface area contributed by atoms with Crippen LogP contribution in [0.4, 0.5) is 5.69 Å². The molecule has 0 aromatic heterocycles. The molecule has 0 saturated heterocycles. The molecule has 1 unspecified atom stereocenters. The van der Waals surface area contributed by atoms with E-state index in [2.05, 4.69) is 5.32 Å². The summed E-state index contributed by atoms with van der Waals surface area (Å²) in [6.07, 6.45) is -0.0305. The molecule has 2 rings (SSSR count). The van der Waals surface area contributed by atoms with Crippen molar-refractivity contribution in [3.05, 3.63) is 59.7 Å². The van der Waals surface area contributed by atoms with Crippen LogP contribution in [-0.4, -0.2) is 52.6 Å². The molecule has 0 radical (unpaired) electrons. The summed E-state index contributed by atoms with van der Waals surface area (Å²) in [5.74, 6) is -1.69. The molecule has 1 atom stereocenters. The van der Waals surface area contributed by atoms with E-state index in [9.17, 15) is 22.8 Å². The Kier molecular flexibility index (Phi) is 9.61. The average molecular weight is 491 g/mol. The van der Waals surface area contributed by atoms with Crippen LogP contribution < -0.4 is 9.62 Å². The molecule has 0 aliphatic carbocycles. The van der Waals surface area contributed by atoms with Crippen molar-refractivity contribution in [3.63, 3.8) is 0 Å². The van der Waals surface area contributed by atoms with E-state index in [4.69, 9.17) is 9.47 Å². The maximum absolute atomic E-state index is 12.9. The lowest BCUT2D eigenvalue weighted by Gasteiger charge is -2.20. The molecule has 34 heavy (non-hydrogen) atoms. The van der Waals surface area contributed by atoms with Crippen molar-refractivity contribution in [1.29, 1.82) is 0 Å². The Balaban J connectivity index is 2.13. The summed E-state index contributed by atoms with van der Waals surface area (Å²) in [7, 11) is -2.34. The first kappa shape index (κ1) is 26.8. The van der Waals surface area contributed by atoms with Crippen LogP contribution in [0.3, 0.4) is 0 Å². The second-order valence-corrected chi connectivity index (χ2v) is 9.42. The summed E-state index contributed by atoms with van der Waals surface area (Å²) in [4.78, 5) is 36.7. The highest BCUT2D eigenvalue weighted by molar-refractivity contribution is 7.92. The standard InChI is InChI=1S/C24H30N2O7S/c1-5-32-22(27)16-15-21(24(29)33-6-2)25-23(28)18-9-11-19(12-10-18)26(4)34(30,31)20-13-7-17(3)8-14-20/h7-14,21H,5-6,15-16H2,1-4H3,(H,25,28). The van der Waals surface area contributed by atoms with Crippen molar-refractivity contribution in [2.24, 2.45) is 0 Å². The van der Waals surface area contributed by atoms with Crippen molar-refractivity contribution >= 4 is 33.6 Å². The van der Waals surface area contributed by atoms with E-state index >= 15 is 0 Å². The van der Waals surface area contributed by atoms with Crippen LogP contribution in [-0.2, 0) is 29.1 Å². The Morgan fingerprint density at radius 3 is 2.09 bits per heavy atom. The average Bonchev–Trinajstić information content (AvgIpc) is 2.81. The Hall–Kier alpha value is -3.40. The van der Waals surface area contributed by atoms with Crippen molar-refractivity contribution in [2.45, 2.75) is 44.6 Å². The zero-order valence-electron chi connectivity index (χ0n) is 19.7. The molecule has 1 amide bonds. The number of esters is 2. The fourth-order valence-electron chi connectivity index (χ4n) is 3.06. The van der Waals surface area contributed by atoms with Gasteiger partial charge in [0, 0.05) is 19.0 Å². The van der Waals surface area contributed by atoms with Gasteiger partial charge in [0.15, 0.2) is 0 Å². The van der Waals surface area contributed by atoms with Gasteiger partial charge in [-0.25, -0.2) is 13.2 Å². The highest BCUT2D eigenvalue weighted by Crippen LogP contribution is 2.23. The minimum Gasteiger partial charge on any atom is -0.466 e. The van der Waals surface area contributed by atoms with E-state index in [0.717, 1.165) is 9.87 Å². The van der Waals surface area contributed by atoms with Crippen molar-refractivity contribution in [1.82, 2.24) is 5.32 Å². The highest BCUT2D eigenvalue weighted by atomic mass is 32.2. The predicted molar refractivity (Wildman–Crippen MR) is 127 cm³/mol. The molecule has 0 saturated carbocycles. The minimum absolute atomic E-state index is 0.0268. The monoisotopic (exact) mass is 490 g/mol. The molecule has 0 fully saturated rings. The van der Waals surface area contributed by atoms with Gasteiger partial charge in [0.05, 0.1) is 23.8 Å². The number of nitrogens with zero attached hydrogens (tertiary/aromatic N) is 1. The van der Waals surface area contributed by atoms with Crippen LogP contribution in [0.25, 0.3) is 0 Å². The predicted octanol–water partition coefficient (Wildman–Crippen LogP) is 2.82. The molecule has 184 valence electrons. The zero-order valence-corrected chi connectivity index (χ0v) is 20.6. The maximum atomic E-state index is 12.9. The first-order valence-corrected chi connectivity index (χ1v) is 12.3. The first-order chi connectivity index (χ1) is 16.1. The van der Waals surface area contributed by atoms with Crippen LogP contribution in [0.5, 0.6) is 0 Å². The number of carbonyl (C=O) groups is 3. The third-order valence-electron chi connectivity index (χ3n) is 4.99. The summed E-state index contributed by atoms with van der Waals surface area (Å²) < 4.78 is 36.7. The van der Waals surface area contributed by atoms with Gasteiger partial charge in [0.2, 0.25) is 0 Å². The Labute approximate surface area is 200 Å². The quantitative estimate of drug-likeness (QED) is 0.481. The number of amides is 1. The molecule has 0 bridgehead atoms. The van der Waals surface area contributed by atoms with E-state index in [0.29, 0.717) is 5.69 Å². The normalized spacial score (nSPS) is 11.9. The number of aryl methyl sites for hydroxylation is 1. The zero-order chi connectivity index (χ0) is 25.3. The number of carbonyl (C=O) groups excluding carboxylic acids is 3. The third-order valence-corrected chi connectivity index (χ3v) is 6.79. The molecule has 1 N–H and O–H groups in total. The molecule has 0 heterocycles. The lowest BCUT2D eigenvalue weighted by molar-refractivity contribution is -0.146. The summed E-state index contributed by atoms with van der Waals surface area (Å²) in [5.41, 5.74) is 1.53. The SMILES string of the molecule is CCOC(=O)CCC(NC(=O)c1ccc(N(C)S(=O)(=O)c2ccc(C)cc2)cc1)C(=O)OCC. The van der Waals surface area contributed by atoms with Gasteiger partial charge in [-0.2, -0.15) is 0 Å². The van der Waals surface area contributed by atoms with Gasteiger partial charge in [-0.05, 0) is 63.6 Å². The van der Waals surface area contributed by atoms with Crippen molar-refractivity contribution in [2.75, 3.05) is 24.6 Å². The fourth-order valence-corrected chi connectivity index (χ4v) is 4.25. The van der Waals surface area contributed by atoms with Crippen molar-refractivity contribution in [3.8, 4) is 0 Å². The van der Waals surface area contributed by atoms with Gasteiger partial charge in [-0.15, -0.1) is 0 Å². The molecule has 0 spiro atoms. The van der Waals surface area contributed by atoms with E-state index in [1.165, 1.54) is 43.4 Å². The summed E-state index contributed by atoms with van der Waals surface area (Å²) >= 11 is 0. The van der Waals surface area contributed by atoms with Gasteiger partial charge in [-0.1, -0.05) is 17.7 Å².